The third kappa shape index (κ3) is 3.97. The van der Waals surface area contributed by atoms with Gasteiger partial charge in [0.15, 0.2) is 11.6 Å². The number of hydrogen-bond acceptors (Lipinski definition) is 2. The molecule has 0 saturated carbocycles. The van der Waals surface area contributed by atoms with Gasteiger partial charge in [-0.3, -0.25) is 9.59 Å². The SMILES string of the molecule is O=C1C(Cc2ccccc2)=C/C(=C2\C=C(Cc3ccccc3)C(=O)c3ccccc32)c2ccccc21. The number of carbonyl (C=O) groups excluding carboxylic acids is 2. The highest BCUT2D eigenvalue weighted by Gasteiger charge is 2.29. The van der Waals surface area contributed by atoms with E-state index in [1.165, 1.54) is 0 Å². The molecule has 2 aliphatic rings. The molecule has 0 aliphatic heterocycles. The highest BCUT2D eigenvalue weighted by Crippen LogP contribution is 2.40. The molecule has 0 fully saturated rings. The van der Waals surface area contributed by atoms with Gasteiger partial charge in [-0.1, -0.05) is 109 Å². The van der Waals surface area contributed by atoms with Crippen LogP contribution >= 0.6 is 0 Å². The van der Waals surface area contributed by atoms with Crippen LogP contribution in [0.4, 0.5) is 0 Å². The van der Waals surface area contributed by atoms with Crippen LogP contribution in [-0.2, 0) is 12.8 Å². The minimum absolute atomic E-state index is 0.0625. The quantitative estimate of drug-likeness (QED) is 0.317. The Bertz CT molecular complexity index is 1460. The molecule has 0 atom stereocenters. The molecule has 0 unspecified atom stereocenters. The highest BCUT2D eigenvalue weighted by molar-refractivity contribution is 6.23. The zero-order valence-corrected chi connectivity index (χ0v) is 19.8. The summed E-state index contributed by atoms with van der Waals surface area (Å²) in [6.07, 6.45) is 5.20. The fourth-order valence-corrected chi connectivity index (χ4v) is 5.15. The van der Waals surface area contributed by atoms with Crippen molar-refractivity contribution in [3.63, 3.8) is 0 Å². The Morgan fingerprint density at radius 1 is 0.389 bits per heavy atom. The Hall–Kier alpha value is -4.56. The van der Waals surface area contributed by atoms with Crippen LogP contribution in [-0.4, -0.2) is 11.6 Å². The molecule has 0 spiro atoms. The van der Waals surface area contributed by atoms with E-state index in [2.05, 4.69) is 0 Å². The molecule has 0 bridgehead atoms. The number of fused-ring (bicyclic) bond motifs is 2. The second kappa shape index (κ2) is 9.24. The van der Waals surface area contributed by atoms with Crippen molar-refractivity contribution in [2.75, 3.05) is 0 Å². The van der Waals surface area contributed by atoms with E-state index in [1.54, 1.807) is 0 Å². The van der Waals surface area contributed by atoms with Crippen LogP contribution in [0, 0.1) is 0 Å². The zero-order chi connectivity index (χ0) is 24.5. The van der Waals surface area contributed by atoms with Gasteiger partial charge in [0.1, 0.15) is 0 Å². The predicted molar refractivity (Wildman–Crippen MR) is 145 cm³/mol. The van der Waals surface area contributed by atoms with Crippen LogP contribution in [0.25, 0.3) is 11.1 Å². The van der Waals surface area contributed by atoms with Crippen molar-refractivity contribution in [1.82, 2.24) is 0 Å². The average Bonchev–Trinajstić information content (AvgIpc) is 2.93. The third-order valence-electron chi connectivity index (χ3n) is 6.91. The van der Waals surface area contributed by atoms with Crippen molar-refractivity contribution in [2.45, 2.75) is 12.8 Å². The standard InChI is InChI=1S/C34H24O2/c35-33-25(19-23-11-3-1-4-12-23)21-31(27-15-7-9-17-29(27)33)32-22-26(20-24-13-5-2-6-14-24)34(36)30-18-10-8-16-28(30)32/h1-18,21-22H,19-20H2/b32-31-. The minimum atomic E-state index is 0.0625. The number of carbonyl (C=O) groups is 2. The van der Waals surface area contributed by atoms with E-state index < -0.39 is 0 Å². The van der Waals surface area contributed by atoms with E-state index in [1.807, 2.05) is 121 Å². The van der Waals surface area contributed by atoms with Crippen molar-refractivity contribution in [3.05, 3.63) is 166 Å². The van der Waals surface area contributed by atoms with Gasteiger partial charge in [0.25, 0.3) is 0 Å². The minimum Gasteiger partial charge on any atom is -0.289 e. The summed E-state index contributed by atoms with van der Waals surface area (Å²) in [5, 5.41) is 0. The monoisotopic (exact) mass is 464 g/mol. The smallest absolute Gasteiger partial charge is 0.189 e. The van der Waals surface area contributed by atoms with Crippen molar-refractivity contribution in [1.29, 1.82) is 0 Å². The predicted octanol–water partition coefficient (Wildman–Crippen LogP) is 7.33. The molecule has 36 heavy (non-hydrogen) atoms. The van der Waals surface area contributed by atoms with Crippen LogP contribution < -0.4 is 0 Å². The normalized spacial score (nSPS) is 16.7. The van der Waals surface area contributed by atoms with Gasteiger partial charge in [-0.05, 0) is 45.6 Å². The molecule has 0 amide bonds. The molecule has 2 aliphatic carbocycles. The molecule has 4 aromatic rings. The molecule has 2 nitrogen and oxygen atoms in total. The summed E-state index contributed by atoms with van der Waals surface area (Å²) in [6.45, 7) is 0. The zero-order valence-electron chi connectivity index (χ0n) is 19.8. The fourth-order valence-electron chi connectivity index (χ4n) is 5.15. The van der Waals surface area contributed by atoms with Crippen LogP contribution in [0.1, 0.15) is 43.0 Å². The van der Waals surface area contributed by atoms with Crippen molar-refractivity contribution in [2.24, 2.45) is 0 Å². The molecule has 0 saturated heterocycles. The largest absolute Gasteiger partial charge is 0.289 e. The van der Waals surface area contributed by atoms with E-state index >= 15 is 0 Å². The molecular weight excluding hydrogens is 440 g/mol. The Labute approximate surface area is 210 Å². The van der Waals surface area contributed by atoms with Crippen LogP contribution in [0.5, 0.6) is 0 Å². The first-order valence-corrected chi connectivity index (χ1v) is 12.2. The van der Waals surface area contributed by atoms with E-state index in [0.29, 0.717) is 24.0 Å². The second-order valence-electron chi connectivity index (χ2n) is 9.24. The molecule has 2 heteroatoms. The number of benzene rings is 4. The number of Topliss-reactive ketones (excluding diaryl/α,β-unsaturated/α-hetero) is 2. The molecular formula is C34H24O2. The van der Waals surface area contributed by atoms with Gasteiger partial charge in [0.2, 0.25) is 0 Å². The first kappa shape index (κ1) is 21.9. The third-order valence-corrected chi connectivity index (χ3v) is 6.91. The molecule has 0 radical (unpaired) electrons. The van der Waals surface area contributed by atoms with Crippen LogP contribution in [0.2, 0.25) is 0 Å². The first-order chi connectivity index (χ1) is 17.7. The first-order valence-electron chi connectivity index (χ1n) is 12.2. The molecule has 4 aromatic carbocycles. The van der Waals surface area contributed by atoms with E-state index in [-0.39, 0.29) is 11.6 Å². The van der Waals surface area contributed by atoms with Gasteiger partial charge in [-0.2, -0.15) is 0 Å². The second-order valence-corrected chi connectivity index (χ2v) is 9.24. The lowest BCUT2D eigenvalue weighted by Crippen LogP contribution is -2.17. The molecule has 172 valence electrons. The van der Waals surface area contributed by atoms with Gasteiger partial charge in [0, 0.05) is 35.1 Å². The van der Waals surface area contributed by atoms with Crippen LogP contribution in [0.15, 0.2) is 132 Å². The Balaban J connectivity index is 1.57. The van der Waals surface area contributed by atoms with E-state index in [0.717, 1.165) is 44.5 Å². The summed E-state index contributed by atoms with van der Waals surface area (Å²) in [7, 11) is 0. The number of ketones is 2. The molecule has 0 aromatic heterocycles. The Kier molecular flexibility index (Phi) is 5.63. The topological polar surface area (TPSA) is 34.1 Å². The maximum Gasteiger partial charge on any atom is 0.189 e. The Morgan fingerprint density at radius 2 is 0.722 bits per heavy atom. The lowest BCUT2D eigenvalue weighted by molar-refractivity contribution is 0.102. The molecule has 0 N–H and O–H groups in total. The lowest BCUT2D eigenvalue weighted by atomic mass is 9.77. The number of allylic oxidation sites excluding steroid dienone is 6. The fraction of sp³-hybridized carbons (Fsp3) is 0.0588. The molecule has 0 heterocycles. The summed E-state index contributed by atoms with van der Waals surface area (Å²) >= 11 is 0. The molecule has 6 rings (SSSR count). The highest BCUT2D eigenvalue weighted by atomic mass is 16.1. The summed E-state index contributed by atoms with van der Waals surface area (Å²) in [5.41, 5.74) is 8.93. The van der Waals surface area contributed by atoms with E-state index in [9.17, 15) is 9.59 Å². The average molecular weight is 465 g/mol. The number of rotatable bonds is 4. The summed E-state index contributed by atoms with van der Waals surface area (Å²) in [4.78, 5) is 27.0. The van der Waals surface area contributed by atoms with E-state index in [4.69, 9.17) is 0 Å². The number of hydrogen-bond donors (Lipinski definition) is 0. The van der Waals surface area contributed by atoms with Gasteiger partial charge >= 0.3 is 0 Å². The maximum absolute atomic E-state index is 13.5. The summed E-state index contributed by atoms with van der Waals surface area (Å²) in [5.74, 6) is 0.125. The van der Waals surface area contributed by atoms with Gasteiger partial charge in [0.05, 0.1) is 0 Å². The van der Waals surface area contributed by atoms with Crippen molar-refractivity contribution in [3.8, 4) is 0 Å². The lowest BCUT2D eigenvalue weighted by Gasteiger charge is -2.25. The van der Waals surface area contributed by atoms with Gasteiger partial charge < -0.3 is 0 Å². The summed E-state index contributed by atoms with van der Waals surface area (Å²) < 4.78 is 0. The van der Waals surface area contributed by atoms with Gasteiger partial charge in [-0.15, -0.1) is 0 Å². The van der Waals surface area contributed by atoms with Gasteiger partial charge in [-0.25, -0.2) is 0 Å². The Morgan fingerprint density at radius 3 is 1.11 bits per heavy atom. The van der Waals surface area contributed by atoms with Crippen molar-refractivity contribution < 1.29 is 9.59 Å². The van der Waals surface area contributed by atoms with Crippen molar-refractivity contribution >= 4 is 22.7 Å². The van der Waals surface area contributed by atoms with Crippen LogP contribution in [0.3, 0.4) is 0 Å². The maximum atomic E-state index is 13.5. The summed E-state index contributed by atoms with van der Waals surface area (Å²) in [6, 6.07) is 35.8.